The average Bonchev–Trinajstić information content (AvgIpc) is 2.40. The number of hydrogen-bond acceptors (Lipinski definition) is 4. The van der Waals surface area contributed by atoms with Crippen LogP contribution < -0.4 is 10.2 Å². The minimum Gasteiger partial charge on any atom is -0.369 e. The quantitative estimate of drug-likeness (QED) is 0.909. The monoisotopic (exact) mass is 254 g/mol. The third-order valence-electron chi connectivity index (χ3n) is 3.53. The molecule has 3 rings (SSSR count). The Morgan fingerprint density at radius 2 is 2.11 bits per heavy atom. The van der Waals surface area contributed by atoms with Crippen LogP contribution in [-0.2, 0) is 6.42 Å². The number of anilines is 2. The third-order valence-corrected chi connectivity index (χ3v) is 3.53. The summed E-state index contributed by atoms with van der Waals surface area (Å²) < 4.78 is 0. The Labute approximate surface area is 113 Å². The molecule has 0 radical (unpaired) electrons. The molecule has 0 aliphatic heterocycles. The number of nitrogens with one attached hydrogen (secondary N) is 1. The highest BCUT2D eigenvalue weighted by Gasteiger charge is 2.24. The molecule has 1 aromatic heterocycles. The molecule has 0 amide bonds. The molecular formula is C15H18N4. The predicted octanol–water partition coefficient (Wildman–Crippen LogP) is 2.29. The van der Waals surface area contributed by atoms with Crippen molar-refractivity contribution >= 4 is 11.8 Å². The Morgan fingerprint density at radius 1 is 1.26 bits per heavy atom. The summed E-state index contributed by atoms with van der Waals surface area (Å²) in [5.41, 5.74) is 2.95. The van der Waals surface area contributed by atoms with E-state index in [1.165, 1.54) is 11.1 Å². The van der Waals surface area contributed by atoms with E-state index in [1.807, 2.05) is 25.1 Å². The first-order valence-corrected chi connectivity index (χ1v) is 6.56. The highest BCUT2D eigenvalue weighted by Crippen LogP contribution is 2.34. The van der Waals surface area contributed by atoms with E-state index >= 15 is 0 Å². The zero-order chi connectivity index (χ0) is 13.2. The minimum absolute atomic E-state index is 0.606. The molecule has 1 unspecified atom stereocenters. The van der Waals surface area contributed by atoms with E-state index in [0.29, 0.717) is 5.92 Å². The van der Waals surface area contributed by atoms with Gasteiger partial charge in [0.15, 0.2) is 0 Å². The lowest BCUT2D eigenvalue weighted by Gasteiger charge is -2.30. The van der Waals surface area contributed by atoms with Crippen molar-refractivity contribution in [2.24, 2.45) is 0 Å². The first kappa shape index (κ1) is 12.0. The smallest absolute Gasteiger partial charge is 0.226 e. The Kier molecular flexibility index (Phi) is 3.07. The molecule has 1 heterocycles. The maximum Gasteiger partial charge on any atom is 0.226 e. The van der Waals surface area contributed by atoms with Gasteiger partial charge in [-0.3, -0.25) is 0 Å². The Balaban J connectivity index is 1.63. The van der Waals surface area contributed by atoms with Crippen molar-refractivity contribution in [3.63, 3.8) is 0 Å². The predicted molar refractivity (Wildman–Crippen MR) is 77.7 cm³/mol. The molecule has 1 atom stereocenters. The number of fused-ring (bicyclic) bond motifs is 1. The molecule has 1 aliphatic carbocycles. The number of aromatic nitrogens is 2. The normalized spacial score (nSPS) is 16.4. The highest BCUT2D eigenvalue weighted by atomic mass is 15.2. The van der Waals surface area contributed by atoms with Crippen LogP contribution in [0.1, 0.15) is 17.0 Å². The minimum atomic E-state index is 0.606. The van der Waals surface area contributed by atoms with Gasteiger partial charge in [-0.25, -0.2) is 4.98 Å². The lowest BCUT2D eigenvalue weighted by Crippen LogP contribution is -2.24. The van der Waals surface area contributed by atoms with E-state index in [9.17, 15) is 0 Å². The summed E-state index contributed by atoms with van der Waals surface area (Å²) in [6.07, 6.45) is 2.95. The Hall–Kier alpha value is -2.10. The molecule has 98 valence electrons. The first-order valence-electron chi connectivity index (χ1n) is 6.56. The van der Waals surface area contributed by atoms with Crippen LogP contribution in [0.15, 0.2) is 36.5 Å². The van der Waals surface area contributed by atoms with Crippen molar-refractivity contribution in [2.45, 2.75) is 12.3 Å². The number of hydrogen-bond donors (Lipinski definition) is 1. The summed E-state index contributed by atoms with van der Waals surface area (Å²) in [5.74, 6) is 2.23. The zero-order valence-electron chi connectivity index (χ0n) is 11.3. The highest BCUT2D eigenvalue weighted by molar-refractivity contribution is 5.44. The largest absolute Gasteiger partial charge is 0.369 e. The summed E-state index contributed by atoms with van der Waals surface area (Å²) in [6, 6.07) is 10.6. The maximum atomic E-state index is 4.46. The van der Waals surface area contributed by atoms with Crippen LogP contribution in [0.3, 0.4) is 0 Å². The standard InChI is InChI=1S/C15H18N4/c1-19(2)15-16-8-7-14(18-15)17-10-12-9-11-5-3-4-6-13(11)12/h3-8,12H,9-10H2,1-2H3,(H,16,17,18). The van der Waals surface area contributed by atoms with Crippen molar-refractivity contribution in [1.82, 2.24) is 9.97 Å². The van der Waals surface area contributed by atoms with Gasteiger partial charge in [0.05, 0.1) is 0 Å². The lowest BCUT2D eigenvalue weighted by molar-refractivity contribution is 0.634. The molecule has 1 aromatic carbocycles. The van der Waals surface area contributed by atoms with Crippen LogP contribution in [0.2, 0.25) is 0 Å². The third kappa shape index (κ3) is 2.38. The van der Waals surface area contributed by atoms with E-state index in [4.69, 9.17) is 0 Å². The fourth-order valence-electron chi connectivity index (χ4n) is 2.43. The van der Waals surface area contributed by atoms with E-state index in [1.54, 1.807) is 6.20 Å². The van der Waals surface area contributed by atoms with Crippen LogP contribution in [0.4, 0.5) is 11.8 Å². The summed E-state index contributed by atoms with van der Waals surface area (Å²) in [6.45, 7) is 0.931. The Morgan fingerprint density at radius 3 is 2.89 bits per heavy atom. The molecule has 0 saturated heterocycles. The second-order valence-corrected chi connectivity index (χ2v) is 5.12. The number of nitrogens with zero attached hydrogens (tertiary/aromatic N) is 3. The second-order valence-electron chi connectivity index (χ2n) is 5.12. The number of rotatable bonds is 4. The van der Waals surface area contributed by atoms with Gasteiger partial charge < -0.3 is 10.2 Å². The molecule has 0 spiro atoms. The molecule has 4 heteroatoms. The van der Waals surface area contributed by atoms with Gasteiger partial charge in [0, 0.05) is 32.8 Å². The number of benzene rings is 1. The average molecular weight is 254 g/mol. The summed E-state index contributed by atoms with van der Waals surface area (Å²) in [5, 5.41) is 3.40. The summed E-state index contributed by atoms with van der Waals surface area (Å²) in [4.78, 5) is 10.6. The van der Waals surface area contributed by atoms with Crippen LogP contribution in [-0.4, -0.2) is 30.6 Å². The van der Waals surface area contributed by atoms with Gasteiger partial charge in [-0.1, -0.05) is 24.3 Å². The molecule has 1 N–H and O–H groups in total. The maximum absolute atomic E-state index is 4.46. The fraction of sp³-hybridized carbons (Fsp3) is 0.333. The SMILES string of the molecule is CN(C)c1nccc(NCC2Cc3ccccc32)n1. The van der Waals surface area contributed by atoms with E-state index < -0.39 is 0 Å². The van der Waals surface area contributed by atoms with Crippen LogP contribution in [0.5, 0.6) is 0 Å². The lowest BCUT2D eigenvalue weighted by atomic mass is 9.78. The first-order chi connectivity index (χ1) is 9.24. The van der Waals surface area contributed by atoms with Crippen LogP contribution >= 0.6 is 0 Å². The molecule has 0 bridgehead atoms. The van der Waals surface area contributed by atoms with Gasteiger partial charge >= 0.3 is 0 Å². The molecule has 2 aromatic rings. The molecular weight excluding hydrogens is 236 g/mol. The van der Waals surface area contributed by atoms with Gasteiger partial charge in [0.25, 0.3) is 0 Å². The van der Waals surface area contributed by atoms with Crippen molar-refractivity contribution in [3.05, 3.63) is 47.7 Å². The van der Waals surface area contributed by atoms with Gasteiger partial charge in [-0.15, -0.1) is 0 Å². The van der Waals surface area contributed by atoms with Crippen molar-refractivity contribution in [1.29, 1.82) is 0 Å². The summed E-state index contributed by atoms with van der Waals surface area (Å²) in [7, 11) is 3.89. The van der Waals surface area contributed by atoms with Crippen LogP contribution in [0.25, 0.3) is 0 Å². The molecule has 1 aliphatic rings. The summed E-state index contributed by atoms with van der Waals surface area (Å²) >= 11 is 0. The molecule has 4 nitrogen and oxygen atoms in total. The van der Waals surface area contributed by atoms with Crippen molar-refractivity contribution in [2.75, 3.05) is 30.9 Å². The van der Waals surface area contributed by atoms with E-state index in [2.05, 4.69) is 39.6 Å². The molecule has 0 saturated carbocycles. The van der Waals surface area contributed by atoms with Crippen LogP contribution in [0, 0.1) is 0 Å². The van der Waals surface area contributed by atoms with Gasteiger partial charge in [-0.05, 0) is 23.6 Å². The van der Waals surface area contributed by atoms with Crippen molar-refractivity contribution in [3.8, 4) is 0 Å². The topological polar surface area (TPSA) is 41.1 Å². The zero-order valence-corrected chi connectivity index (χ0v) is 11.3. The molecule has 0 fully saturated rings. The Bertz CT molecular complexity index is 580. The van der Waals surface area contributed by atoms with Gasteiger partial charge in [0.2, 0.25) is 5.95 Å². The van der Waals surface area contributed by atoms with E-state index in [-0.39, 0.29) is 0 Å². The van der Waals surface area contributed by atoms with Gasteiger partial charge in [-0.2, -0.15) is 4.98 Å². The van der Waals surface area contributed by atoms with Gasteiger partial charge in [0.1, 0.15) is 5.82 Å². The van der Waals surface area contributed by atoms with E-state index in [0.717, 1.165) is 24.7 Å². The fourth-order valence-corrected chi connectivity index (χ4v) is 2.43. The second kappa shape index (κ2) is 4.88. The van der Waals surface area contributed by atoms with Crippen molar-refractivity contribution < 1.29 is 0 Å². The molecule has 19 heavy (non-hydrogen) atoms.